The molecular formula is C34H30N6O6. The summed E-state index contributed by atoms with van der Waals surface area (Å²) >= 11 is 0. The molecule has 0 spiro atoms. The first-order valence-electron chi connectivity index (χ1n) is 14.7. The quantitative estimate of drug-likeness (QED) is 0.130. The van der Waals surface area contributed by atoms with Crippen LogP contribution in [0.1, 0.15) is 57.5 Å². The monoisotopic (exact) mass is 618 g/mol. The average Bonchev–Trinajstić information content (AvgIpc) is 3.34. The fraction of sp³-hybridized carbons (Fsp3) is 0.176. The lowest BCUT2D eigenvalue weighted by molar-refractivity contribution is -0.385. The molecule has 232 valence electrons. The standard InChI is InChI=1S/2C17H15N3O3/c2*21-17-15-9-2-1-5-12(15)6-3-10-16(17)19-18-13-7-4-8-14(11-13)20(22)23/h2*1-2,4-5,7-9,11,18H,3,6,10H2/b2*19-16-. The van der Waals surface area contributed by atoms with E-state index < -0.39 is 9.85 Å². The summed E-state index contributed by atoms with van der Waals surface area (Å²) in [5, 5.41) is 29.9. The number of hydrogen-bond donors (Lipinski definition) is 2. The summed E-state index contributed by atoms with van der Waals surface area (Å²) in [6.07, 6.45) is 4.54. The first kappa shape index (κ1) is 31.4. The maximum Gasteiger partial charge on any atom is 0.271 e. The van der Waals surface area contributed by atoms with Gasteiger partial charge in [-0.25, -0.2) is 0 Å². The molecular weight excluding hydrogens is 588 g/mol. The number of anilines is 2. The van der Waals surface area contributed by atoms with E-state index in [1.165, 1.54) is 24.3 Å². The van der Waals surface area contributed by atoms with Gasteiger partial charge in [0, 0.05) is 35.4 Å². The zero-order chi connectivity index (χ0) is 32.5. The van der Waals surface area contributed by atoms with Gasteiger partial charge < -0.3 is 0 Å². The molecule has 0 saturated carbocycles. The highest BCUT2D eigenvalue weighted by atomic mass is 16.6. The van der Waals surface area contributed by atoms with E-state index >= 15 is 0 Å². The van der Waals surface area contributed by atoms with E-state index in [0.717, 1.165) is 36.8 Å². The van der Waals surface area contributed by atoms with Crippen LogP contribution in [-0.2, 0) is 12.8 Å². The summed E-state index contributed by atoms with van der Waals surface area (Å²) in [5.41, 5.74) is 10.8. The van der Waals surface area contributed by atoms with Gasteiger partial charge in [0.05, 0.1) is 21.2 Å². The molecule has 46 heavy (non-hydrogen) atoms. The minimum Gasteiger partial charge on any atom is -0.287 e. The molecule has 2 aliphatic carbocycles. The third kappa shape index (κ3) is 7.72. The maximum absolute atomic E-state index is 12.6. The van der Waals surface area contributed by atoms with Crippen LogP contribution in [0, 0.1) is 20.2 Å². The number of carbonyl (C=O) groups is 2. The zero-order valence-electron chi connectivity index (χ0n) is 24.7. The summed E-state index contributed by atoms with van der Waals surface area (Å²) < 4.78 is 0. The molecule has 4 aromatic rings. The molecule has 0 saturated heterocycles. The molecule has 0 heterocycles. The van der Waals surface area contributed by atoms with Gasteiger partial charge >= 0.3 is 0 Å². The lowest BCUT2D eigenvalue weighted by Crippen LogP contribution is -2.15. The van der Waals surface area contributed by atoms with Gasteiger partial charge in [0.1, 0.15) is 11.4 Å². The van der Waals surface area contributed by atoms with E-state index in [0.29, 0.717) is 46.8 Å². The van der Waals surface area contributed by atoms with Crippen LogP contribution >= 0.6 is 0 Å². The van der Waals surface area contributed by atoms with Crippen molar-refractivity contribution in [3.8, 4) is 0 Å². The van der Waals surface area contributed by atoms with Gasteiger partial charge in [-0.15, -0.1) is 0 Å². The van der Waals surface area contributed by atoms with Crippen molar-refractivity contribution in [2.24, 2.45) is 10.2 Å². The summed E-state index contributed by atoms with van der Waals surface area (Å²) in [5.74, 6) is -0.174. The van der Waals surface area contributed by atoms with Crippen LogP contribution in [0.3, 0.4) is 0 Å². The number of nitrogens with one attached hydrogen (secondary N) is 2. The van der Waals surface area contributed by atoms with Gasteiger partial charge in [0.2, 0.25) is 11.6 Å². The summed E-state index contributed by atoms with van der Waals surface area (Å²) in [4.78, 5) is 45.7. The fourth-order valence-corrected chi connectivity index (χ4v) is 5.21. The molecule has 0 radical (unpaired) electrons. The number of ketones is 2. The van der Waals surface area contributed by atoms with Gasteiger partial charge in [0.25, 0.3) is 11.4 Å². The maximum atomic E-state index is 12.6. The smallest absolute Gasteiger partial charge is 0.271 e. The van der Waals surface area contributed by atoms with Crippen LogP contribution in [0.15, 0.2) is 107 Å². The number of nitro benzene ring substituents is 2. The molecule has 0 fully saturated rings. The van der Waals surface area contributed by atoms with E-state index in [9.17, 15) is 29.8 Å². The number of hydrazone groups is 2. The number of fused-ring (bicyclic) bond motifs is 2. The first-order valence-corrected chi connectivity index (χ1v) is 14.7. The largest absolute Gasteiger partial charge is 0.287 e. The summed E-state index contributed by atoms with van der Waals surface area (Å²) in [6.45, 7) is 0. The second kappa shape index (κ2) is 14.6. The molecule has 12 nitrogen and oxygen atoms in total. The Hall–Kier alpha value is -6.04. The zero-order valence-corrected chi connectivity index (χ0v) is 24.7. The van der Waals surface area contributed by atoms with Crippen LogP contribution in [0.2, 0.25) is 0 Å². The molecule has 2 aliphatic rings. The number of nitro groups is 2. The highest BCUT2D eigenvalue weighted by Gasteiger charge is 2.22. The van der Waals surface area contributed by atoms with Crippen LogP contribution < -0.4 is 10.9 Å². The summed E-state index contributed by atoms with van der Waals surface area (Å²) in [6, 6.07) is 27.2. The van der Waals surface area contributed by atoms with Crippen LogP contribution in [0.5, 0.6) is 0 Å². The van der Waals surface area contributed by atoms with Crippen molar-refractivity contribution in [2.75, 3.05) is 10.9 Å². The molecule has 12 heteroatoms. The lowest BCUT2D eigenvalue weighted by atomic mass is 10.0. The third-order valence-corrected chi connectivity index (χ3v) is 7.52. The predicted octanol–water partition coefficient (Wildman–Crippen LogP) is 7.16. The highest BCUT2D eigenvalue weighted by Crippen LogP contribution is 2.22. The van der Waals surface area contributed by atoms with Crippen LogP contribution in [-0.4, -0.2) is 32.8 Å². The summed E-state index contributed by atoms with van der Waals surface area (Å²) in [7, 11) is 0. The normalized spacial score (nSPS) is 15.8. The topological polar surface area (TPSA) is 169 Å². The van der Waals surface area contributed by atoms with Gasteiger partial charge in [-0.1, -0.05) is 60.7 Å². The van der Waals surface area contributed by atoms with Crippen molar-refractivity contribution < 1.29 is 19.4 Å². The van der Waals surface area contributed by atoms with Crippen molar-refractivity contribution in [2.45, 2.75) is 38.5 Å². The van der Waals surface area contributed by atoms with Gasteiger partial charge in [-0.2, -0.15) is 10.2 Å². The van der Waals surface area contributed by atoms with E-state index in [1.807, 2.05) is 48.5 Å². The fourth-order valence-electron chi connectivity index (χ4n) is 5.21. The van der Waals surface area contributed by atoms with Crippen molar-refractivity contribution in [1.29, 1.82) is 0 Å². The van der Waals surface area contributed by atoms with Gasteiger partial charge in [0.15, 0.2) is 0 Å². The molecule has 4 aromatic carbocycles. The van der Waals surface area contributed by atoms with Crippen molar-refractivity contribution in [3.05, 3.63) is 140 Å². The van der Waals surface area contributed by atoms with E-state index in [2.05, 4.69) is 21.1 Å². The highest BCUT2D eigenvalue weighted by molar-refractivity contribution is 6.47. The molecule has 0 aliphatic heterocycles. The number of aryl methyl sites for hydroxylation is 2. The molecule has 6 rings (SSSR count). The molecule has 0 aromatic heterocycles. The Bertz CT molecular complexity index is 1730. The molecule has 0 amide bonds. The van der Waals surface area contributed by atoms with Crippen LogP contribution in [0.4, 0.5) is 22.7 Å². The predicted molar refractivity (Wildman–Crippen MR) is 176 cm³/mol. The number of Topliss-reactive ketones (excluding diaryl/α,β-unsaturated/α-hetero) is 2. The number of carbonyl (C=O) groups excluding carboxylic acids is 2. The SMILES string of the molecule is O=C1/C(=N\Nc2cccc([N+](=O)[O-])c2)CCCc2ccccc21.O=C1/C(=N\Nc2cccc([N+](=O)[O-])c2)CCCc2ccccc21. The Morgan fingerprint density at radius 3 is 1.37 bits per heavy atom. The second-order valence-corrected chi connectivity index (χ2v) is 10.6. The van der Waals surface area contributed by atoms with Gasteiger partial charge in [-0.3, -0.25) is 40.7 Å². The van der Waals surface area contributed by atoms with E-state index in [1.54, 1.807) is 24.3 Å². The Balaban J connectivity index is 0.000000181. The lowest BCUT2D eigenvalue weighted by Gasteiger charge is -2.05. The Morgan fingerprint density at radius 1 is 0.543 bits per heavy atom. The van der Waals surface area contributed by atoms with Gasteiger partial charge in [-0.05, 0) is 61.8 Å². The van der Waals surface area contributed by atoms with Crippen LogP contribution in [0.25, 0.3) is 0 Å². The van der Waals surface area contributed by atoms with Crippen molar-refractivity contribution >= 4 is 45.7 Å². The second-order valence-electron chi connectivity index (χ2n) is 10.6. The molecule has 0 unspecified atom stereocenters. The molecule has 2 N–H and O–H groups in total. The molecule has 0 bridgehead atoms. The number of nitrogens with zero attached hydrogens (tertiary/aromatic N) is 4. The minimum atomic E-state index is -0.467. The number of rotatable bonds is 6. The Kier molecular flexibility index (Phi) is 9.98. The average molecular weight is 619 g/mol. The van der Waals surface area contributed by atoms with E-state index in [4.69, 9.17) is 0 Å². The van der Waals surface area contributed by atoms with Crippen molar-refractivity contribution in [1.82, 2.24) is 0 Å². The number of benzene rings is 4. The Labute approximate surface area is 264 Å². The van der Waals surface area contributed by atoms with E-state index in [-0.39, 0.29) is 22.9 Å². The number of non-ortho nitro benzene ring substituents is 2. The third-order valence-electron chi connectivity index (χ3n) is 7.52. The first-order chi connectivity index (χ1) is 22.3. The molecule has 0 atom stereocenters. The number of hydrogen-bond acceptors (Lipinski definition) is 10. The minimum absolute atomic E-state index is 0.0206. The Morgan fingerprint density at radius 2 is 0.957 bits per heavy atom. The van der Waals surface area contributed by atoms with Crippen molar-refractivity contribution in [3.63, 3.8) is 0 Å².